The summed E-state index contributed by atoms with van der Waals surface area (Å²) >= 11 is 0. The number of hydrogen-bond donors (Lipinski definition) is 2. The molecule has 0 saturated carbocycles. The number of nitrogens with zero attached hydrogens (tertiary/aromatic N) is 1. The van der Waals surface area contributed by atoms with Gasteiger partial charge in [-0.15, -0.1) is 0 Å². The molecular formula is C9H19NO3. The van der Waals surface area contributed by atoms with Crippen molar-refractivity contribution in [3.8, 4) is 0 Å². The summed E-state index contributed by atoms with van der Waals surface area (Å²) in [6, 6.07) is 0. The molecule has 0 aliphatic carbocycles. The van der Waals surface area contributed by atoms with Crippen LogP contribution < -0.4 is 0 Å². The first-order valence-corrected chi connectivity index (χ1v) is 4.54. The molecule has 0 fully saturated rings. The number of carboxylic acid groups (broad SMARTS) is 1. The molecule has 1 unspecified atom stereocenters. The normalized spacial score (nSPS) is 15.8. The topological polar surface area (TPSA) is 60.8 Å². The van der Waals surface area contributed by atoms with Gasteiger partial charge in [-0.3, -0.25) is 0 Å². The van der Waals surface area contributed by atoms with Crippen molar-refractivity contribution in [2.24, 2.45) is 0 Å². The number of hydrogen-bond acceptors (Lipinski definition) is 3. The minimum absolute atomic E-state index is 0.169. The molecule has 0 aliphatic heterocycles. The highest BCUT2D eigenvalue weighted by molar-refractivity contribution is 5.76. The van der Waals surface area contributed by atoms with Crippen molar-refractivity contribution >= 4 is 5.97 Å². The van der Waals surface area contributed by atoms with E-state index >= 15 is 0 Å². The fourth-order valence-electron chi connectivity index (χ4n) is 1.10. The third kappa shape index (κ3) is 4.85. The van der Waals surface area contributed by atoms with Crippen LogP contribution in [0.2, 0.25) is 0 Å². The van der Waals surface area contributed by atoms with Crippen molar-refractivity contribution in [3.05, 3.63) is 0 Å². The second kappa shape index (κ2) is 5.19. The summed E-state index contributed by atoms with van der Waals surface area (Å²) in [5.74, 6) is -1.17. The van der Waals surface area contributed by atoms with Gasteiger partial charge in [0.25, 0.3) is 0 Å². The van der Waals surface area contributed by atoms with E-state index in [1.54, 1.807) is 0 Å². The Bertz CT molecular complexity index is 168. The number of carboxylic acids is 1. The molecule has 78 valence electrons. The molecule has 0 aromatic rings. The molecule has 0 bridgehead atoms. The van der Waals surface area contributed by atoms with Crippen molar-refractivity contribution < 1.29 is 15.0 Å². The number of aliphatic hydroxyl groups is 1. The molecule has 0 amide bonds. The summed E-state index contributed by atoms with van der Waals surface area (Å²) in [6.45, 7) is 4.38. The van der Waals surface area contributed by atoms with E-state index in [2.05, 4.69) is 6.92 Å². The summed E-state index contributed by atoms with van der Waals surface area (Å²) < 4.78 is 0. The first-order valence-electron chi connectivity index (χ1n) is 4.54. The Hall–Kier alpha value is -0.610. The SMILES string of the molecule is CCCCN(C)CC(C)(O)C(=O)O. The number of rotatable bonds is 6. The third-order valence-corrected chi connectivity index (χ3v) is 1.93. The molecule has 0 saturated heterocycles. The Morgan fingerprint density at radius 2 is 2.08 bits per heavy atom. The van der Waals surface area contributed by atoms with Crippen LogP contribution in [0.3, 0.4) is 0 Å². The molecule has 0 spiro atoms. The molecule has 4 nitrogen and oxygen atoms in total. The number of carbonyl (C=O) groups is 1. The Kier molecular flexibility index (Phi) is 4.95. The standard InChI is InChI=1S/C9H19NO3/c1-4-5-6-10(3)7-9(2,13)8(11)12/h13H,4-7H2,1-3H3,(H,11,12). The molecule has 0 rings (SSSR count). The van der Waals surface area contributed by atoms with E-state index in [9.17, 15) is 9.90 Å². The Labute approximate surface area is 79.2 Å². The summed E-state index contributed by atoms with van der Waals surface area (Å²) in [6.07, 6.45) is 2.09. The van der Waals surface area contributed by atoms with Crippen molar-refractivity contribution in [1.29, 1.82) is 0 Å². The van der Waals surface area contributed by atoms with E-state index in [0.29, 0.717) is 0 Å². The highest BCUT2D eigenvalue weighted by Crippen LogP contribution is 2.05. The maximum Gasteiger partial charge on any atom is 0.336 e. The van der Waals surface area contributed by atoms with Crippen molar-refractivity contribution in [1.82, 2.24) is 4.90 Å². The van der Waals surface area contributed by atoms with Gasteiger partial charge in [-0.2, -0.15) is 0 Å². The second-order valence-electron chi connectivity index (χ2n) is 3.67. The van der Waals surface area contributed by atoms with Crippen LogP contribution in [-0.4, -0.2) is 46.8 Å². The van der Waals surface area contributed by atoms with E-state index in [0.717, 1.165) is 19.4 Å². The van der Waals surface area contributed by atoms with Gasteiger partial charge in [-0.1, -0.05) is 13.3 Å². The van der Waals surface area contributed by atoms with Gasteiger partial charge in [0.1, 0.15) is 0 Å². The van der Waals surface area contributed by atoms with Crippen LogP contribution in [0.25, 0.3) is 0 Å². The zero-order valence-corrected chi connectivity index (χ0v) is 8.58. The van der Waals surface area contributed by atoms with Gasteiger partial charge in [-0.05, 0) is 26.9 Å². The lowest BCUT2D eigenvalue weighted by Crippen LogP contribution is -2.45. The number of likely N-dealkylation sites (N-methyl/N-ethyl adjacent to an activating group) is 1. The monoisotopic (exact) mass is 189 g/mol. The van der Waals surface area contributed by atoms with Crippen LogP contribution in [0.1, 0.15) is 26.7 Å². The van der Waals surface area contributed by atoms with Crippen LogP contribution in [0, 0.1) is 0 Å². The van der Waals surface area contributed by atoms with Crippen LogP contribution >= 0.6 is 0 Å². The highest BCUT2D eigenvalue weighted by atomic mass is 16.4. The average Bonchev–Trinajstić information content (AvgIpc) is 1.99. The fourth-order valence-corrected chi connectivity index (χ4v) is 1.10. The van der Waals surface area contributed by atoms with Crippen molar-refractivity contribution in [3.63, 3.8) is 0 Å². The van der Waals surface area contributed by atoms with Crippen molar-refractivity contribution in [2.45, 2.75) is 32.3 Å². The molecule has 0 radical (unpaired) electrons. The van der Waals surface area contributed by atoms with Crippen LogP contribution in [0.15, 0.2) is 0 Å². The largest absolute Gasteiger partial charge is 0.479 e. The molecule has 2 N–H and O–H groups in total. The number of unbranched alkanes of at least 4 members (excludes halogenated alkanes) is 1. The zero-order valence-electron chi connectivity index (χ0n) is 8.58. The zero-order chi connectivity index (χ0) is 10.5. The highest BCUT2D eigenvalue weighted by Gasteiger charge is 2.30. The van der Waals surface area contributed by atoms with Crippen LogP contribution in [-0.2, 0) is 4.79 Å². The summed E-state index contributed by atoms with van der Waals surface area (Å²) in [7, 11) is 1.81. The van der Waals surface area contributed by atoms with Crippen LogP contribution in [0.4, 0.5) is 0 Å². The lowest BCUT2D eigenvalue weighted by Gasteiger charge is -2.25. The molecular weight excluding hydrogens is 170 g/mol. The minimum atomic E-state index is -1.64. The summed E-state index contributed by atoms with van der Waals surface area (Å²) in [5, 5.41) is 18.1. The van der Waals surface area contributed by atoms with Gasteiger partial charge >= 0.3 is 5.97 Å². The van der Waals surface area contributed by atoms with E-state index in [1.165, 1.54) is 6.92 Å². The number of aliphatic carboxylic acids is 1. The summed E-state index contributed by atoms with van der Waals surface area (Å²) in [4.78, 5) is 12.4. The van der Waals surface area contributed by atoms with E-state index in [1.807, 2.05) is 11.9 Å². The van der Waals surface area contributed by atoms with E-state index in [4.69, 9.17) is 5.11 Å². The average molecular weight is 189 g/mol. The van der Waals surface area contributed by atoms with Gasteiger partial charge in [0.2, 0.25) is 0 Å². The molecule has 1 atom stereocenters. The predicted molar refractivity (Wildman–Crippen MR) is 50.7 cm³/mol. The van der Waals surface area contributed by atoms with Gasteiger partial charge in [0.05, 0.1) is 0 Å². The van der Waals surface area contributed by atoms with Crippen molar-refractivity contribution in [2.75, 3.05) is 20.1 Å². The van der Waals surface area contributed by atoms with E-state index in [-0.39, 0.29) is 6.54 Å². The lowest BCUT2D eigenvalue weighted by molar-refractivity contribution is -0.158. The van der Waals surface area contributed by atoms with E-state index < -0.39 is 11.6 Å². The molecule has 0 heterocycles. The Morgan fingerprint density at radius 3 is 2.46 bits per heavy atom. The van der Waals surface area contributed by atoms with Gasteiger partial charge < -0.3 is 15.1 Å². The molecule has 0 aromatic heterocycles. The molecule has 4 heteroatoms. The third-order valence-electron chi connectivity index (χ3n) is 1.93. The van der Waals surface area contributed by atoms with Gasteiger partial charge in [0.15, 0.2) is 5.60 Å². The predicted octanol–water partition coefficient (Wildman–Crippen LogP) is 0.554. The lowest BCUT2D eigenvalue weighted by atomic mass is 10.1. The molecule has 0 aromatic carbocycles. The summed E-state index contributed by atoms with van der Waals surface area (Å²) in [5.41, 5.74) is -1.64. The Balaban J connectivity index is 3.89. The maximum absolute atomic E-state index is 10.6. The van der Waals surface area contributed by atoms with Gasteiger partial charge in [0, 0.05) is 6.54 Å². The maximum atomic E-state index is 10.6. The smallest absolute Gasteiger partial charge is 0.336 e. The Morgan fingerprint density at radius 1 is 1.54 bits per heavy atom. The second-order valence-corrected chi connectivity index (χ2v) is 3.67. The minimum Gasteiger partial charge on any atom is -0.479 e. The quantitative estimate of drug-likeness (QED) is 0.640. The molecule has 0 aliphatic rings. The first kappa shape index (κ1) is 12.4. The first-order chi connectivity index (χ1) is 5.90. The van der Waals surface area contributed by atoms with Crippen LogP contribution in [0.5, 0.6) is 0 Å². The fraction of sp³-hybridized carbons (Fsp3) is 0.889. The molecule has 13 heavy (non-hydrogen) atoms. The van der Waals surface area contributed by atoms with Gasteiger partial charge in [-0.25, -0.2) is 4.79 Å².